The number of aliphatic hydroxyl groups excluding tert-OH is 1. The van der Waals surface area contributed by atoms with E-state index in [1.165, 1.54) is 46.1 Å². The molecular formula is C39H49N7O6S2. The van der Waals surface area contributed by atoms with Crippen molar-refractivity contribution >= 4 is 39.5 Å². The predicted molar refractivity (Wildman–Crippen MR) is 209 cm³/mol. The summed E-state index contributed by atoms with van der Waals surface area (Å²) in [5.41, 5.74) is 2.36. The van der Waals surface area contributed by atoms with Crippen molar-refractivity contribution in [3.05, 3.63) is 101 Å². The largest absolute Gasteiger partial charge is 0.411 e. The molecule has 288 valence electrons. The Balaban J connectivity index is 1.36. The maximum Gasteiger partial charge on any atom is 0.321 e. The van der Waals surface area contributed by atoms with Crippen molar-refractivity contribution in [3.8, 4) is 10.6 Å². The van der Waals surface area contributed by atoms with E-state index in [0.29, 0.717) is 25.2 Å². The Morgan fingerprint density at radius 1 is 1.04 bits per heavy atom. The lowest BCUT2D eigenvalue weighted by molar-refractivity contribution is -0.130. The number of sulfonamides is 1. The van der Waals surface area contributed by atoms with Crippen LogP contribution in [0.4, 0.5) is 4.79 Å². The fraction of sp³-hybridized carbons (Fsp3) is 0.410. The van der Waals surface area contributed by atoms with E-state index in [1.807, 2.05) is 82.5 Å². The number of thiazole rings is 1. The van der Waals surface area contributed by atoms with E-state index in [4.69, 9.17) is 10.2 Å². The molecule has 0 saturated carbocycles. The number of rotatable bonds is 16. The first-order valence-corrected chi connectivity index (χ1v) is 20.2. The average Bonchev–Trinajstić information content (AvgIpc) is 3.74. The van der Waals surface area contributed by atoms with Gasteiger partial charge in [-0.05, 0) is 53.1 Å². The number of carbonyl (C=O) groups excluding carboxylic acids is 2. The molecule has 15 heteroatoms. The van der Waals surface area contributed by atoms with E-state index in [0.717, 1.165) is 21.8 Å². The van der Waals surface area contributed by atoms with Gasteiger partial charge in [0.05, 0.1) is 35.5 Å². The van der Waals surface area contributed by atoms with Gasteiger partial charge in [-0.1, -0.05) is 82.2 Å². The van der Waals surface area contributed by atoms with Crippen molar-refractivity contribution in [3.63, 3.8) is 0 Å². The van der Waals surface area contributed by atoms with Crippen molar-refractivity contribution in [1.29, 1.82) is 0 Å². The number of aliphatic hydroxyl groups is 1. The van der Waals surface area contributed by atoms with Crippen LogP contribution in [-0.4, -0.2) is 105 Å². The third kappa shape index (κ3) is 10.1. The second kappa shape index (κ2) is 17.6. The van der Waals surface area contributed by atoms with Crippen molar-refractivity contribution in [2.45, 2.75) is 70.7 Å². The van der Waals surface area contributed by atoms with Crippen LogP contribution in [0.1, 0.15) is 51.4 Å². The lowest BCUT2D eigenvalue weighted by atomic mass is 9.84. The quantitative estimate of drug-likeness (QED) is 0.0803. The Kier molecular flexibility index (Phi) is 13.2. The Morgan fingerprint density at radius 2 is 1.72 bits per heavy atom. The molecule has 3 N–H and O–H groups in total. The fourth-order valence-electron chi connectivity index (χ4n) is 6.56. The third-order valence-electron chi connectivity index (χ3n) is 9.11. The van der Waals surface area contributed by atoms with Crippen LogP contribution in [0.15, 0.2) is 94.6 Å². The molecule has 0 bridgehead atoms. The van der Waals surface area contributed by atoms with Crippen molar-refractivity contribution in [2.75, 3.05) is 26.2 Å². The molecule has 4 aromatic rings. The van der Waals surface area contributed by atoms with Crippen molar-refractivity contribution in [1.82, 2.24) is 29.4 Å². The van der Waals surface area contributed by atoms with Gasteiger partial charge in [0.2, 0.25) is 15.9 Å². The number of nitrogens with zero attached hydrogens (tertiary/aromatic N) is 6. The number of hydrogen-bond acceptors (Lipinski definition) is 10. The van der Waals surface area contributed by atoms with Crippen LogP contribution in [0, 0.1) is 11.3 Å². The molecule has 0 unspecified atom stereocenters. The van der Waals surface area contributed by atoms with Gasteiger partial charge in [-0.25, -0.2) is 18.2 Å². The van der Waals surface area contributed by atoms with Gasteiger partial charge in [-0.3, -0.25) is 9.78 Å². The Hall–Kier alpha value is -4.70. The number of hydrogen-bond donors (Lipinski definition) is 3. The maximum absolute atomic E-state index is 14.4. The fourth-order valence-corrected chi connectivity index (χ4v) is 9.00. The second-order valence-corrected chi connectivity index (χ2v) is 17.7. The first kappa shape index (κ1) is 40.5. The van der Waals surface area contributed by atoms with Gasteiger partial charge in [-0.15, -0.1) is 11.3 Å². The lowest BCUT2D eigenvalue weighted by Gasteiger charge is -2.38. The smallest absolute Gasteiger partial charge is 0.321 e. The van der Waals surface area contributed by atoms with Crippen LogP contribution in [0.3, 0.4) is 0 Å². The summed E-state index contributed by atoms with van der Waals surface area (Å²) in [5.74, 6) is -0.512. The minimum Gasteiger partial charge on any atom is -0.411 e. The highest BCUT2D eigenvalue weighted by atomic mass is 32.2. The molecule has 3 amide bonds. The topological polar surface area (TPSA) is 169 Å². The molecule has 54 heavy (non-hydrogen) atoms. The minimum absolute atomic E-state index is 0.0187. The van der Waals surface area contributed by atoms with Gasteiger partial charge < -0.3 is 25.4 Å². The summed E-state index contributed by atoms with van der Waals surface area (Å²) < 4.78 is 29.1. The number of aromatic nitrogens is 2. The van der Waals surface area contributed by atoms with Crippen LogP contribution in [0.5, 0.6) is 0 Å². The van der Waals surface area contributed by atoms with E-state index >= 15 is 0 Å². The van der Waals surface area contributed by atoms with E-state index in [-0.39, 0.29) is 36.4 Å². The van der Waals surface area contributed by atoms with E-state index < -0.39 is 39.5 Å². The lowest BCUT2D eigenvalue weighted by Crippen LogP contribution is -2.59. The monoisotopic (exact) mass is 775 g/mol. The number of urea groups is 1. The summed E-state index contributed by atoms with van der Waals surface area (Å²) in [6.45, 7) is 10.3. The highest BCUT2D eigenvalue weighted by Crippen LogP contribution is 2.30. The number of pyridine rings is 1. The molecule has 13 nitrogen and oxygen atoms in total. The average molecular weight is 776 g/mol. The summed E-state index contributed by atoms with van der Waals surface area (Å²) in [6.07, 6.45) is 3.52. The van der Waals surface area contributed by atoms with Crippen LogP contribution >= 0.6 is 11.3 Å². The molecule has 1 aliphatic heterocycles. The SMILES string of the molecule is CC(C)CN(C[C@@H](O)[C@H](Cc1ccccc1)NC(=O)[C@@H](N1CCN(Cc2csc(-c3ccncc3)n2)C1=O)C(C)(C)C)S(=O)(=O)c1ccc(C=NO)cc1. The molecule has 0 radical (unpaired) electrons. The van der Waals surface area contributed by atoms with Crippen LogP contribution in [0.2, 0.25) is 0 Å². The first-order valence-electron chi connectivity index (χ1n) is 17.9. The number of oxime groups is 1. The zero-order chi connectivity index (χ0) is 39.0. The molecule has 5 rings (SSSR count). The highest BCUT2D eigenvalue weighted by molar-refractivity contribution is 7.89. The van der Waals surface area contributed by atoms with Gasteiger partial charge in [0.1, 0.15) is 11.0 Å². The normalized spacial score (nSPS) is 15.7. The molecule has 1 fully saturated rings. The Labute approximate surface area is 321 Å². The molecule has 3 heterocycles. The molecule has 1 saturated heterocycles. The molecular weight excluding hydrogens is 727 g/mol. The van der Waals surface area contributed by atoms with Crippen LogP contribution < -0.4 is 5.32 Å². The second-order valence-electron chi connectivity index (χ2n) is 14.9. The molecule has 2 aromatic heterocycles. The maximum atomic E-state index is 14.4. The minimum atomic E-state index is -4.08. The summed E-state index contributed by atoms with van der Waals surface area (Å²) >= 11 is 1.49. The summed E-state index contributed by atoms with van der Waals surface area (Å²) in [6, 6.07) is 17.0. The van der Waals surface area contributed by atoms with E-state index in [1.54, 1.807) is 22.2 Å². The Bertz CT molecular complexity index is 1980. The van der Waals surface area contributed by atoms with Gasteiger partial charge in [0.25, 0.3) is 0 Å². The molecule has 2 aromatic carbocycles. The standard InChI is InChI=1S/C39H49N7O6S2/c1-27(2)23-45(54(51,52)32-13-11-29(12-14-32)22-41-50)25-34(47)33(21-28-9-7-6-8-10-28)43-36(48)35(39(3,4)5)46-20-19-44(38(46)49)24-31-26-53-37(42-31)30-15-17-40-18-16-30/h6-18,22,26-27,33-35,47,50H,19-21,23-25H2,1-5H3,(H,43,48)/t33-,34+,35+/m0/s1. The number of amides is 3. The predicted octanol–water partition coefficient (Wildman–Crippen LogP) is 5.10. The van der Waals surface area contributed by atoms with E-state index in [2.05, 4.69) is 15.5 Å². The number of nitrogens with one attached hydrogen (secondary N) is 1. The zero-order valence-corrected chi connectivity index (χ0v) is 32.9. The molecule has 3 atom stereocenters. The molecule has 1 aliphatic rings. The van der Waals surface area contributed by atoms with Crippen molar-refractivity contribution in [2.24, 2.45) is 16.5 Å². The highest BCUT2D eigenvalue weighted by Gasteiger charge is 2.44. The van der Waals surface area contributed by atoms with Gasteiger partial charge >= 0.3 is 6.03 Å². The summed E-state index contributed by atoms with van der Waals surface area (Å²) in [7, 11) is -4.08. The van der Waals surface area contributed by atoms with Gasteiger partial charge in [0, 0.05) is 49.5 Å². The third-order valence-corrected chi connectivity index (χ3v) is 11.9. The molecule has 0 aliphatic carbocycles. The van der Waals surface area contributed by atoms with Crippen molar-refractivity contribution < 1.29 is 28.3 Å². The number of benzene rings is 2. The van der Waals surface area contributed by atoms with Crippen LogP contribution in [0.25, 0.3) is 10.6 Å². The summed E-state index contributed by atoms with van der Waals surface area (Å²) in [5, 5.41) is 29.5. The van der Waals surface area contributed by atoms with E-state index in [9.17, 15) is 23.1 Å². The summed E-state index contributed by atoms with van der Waals surface area (Å²) in [4.78, 5) is 40.4. The zero-order valence-electron chi connectivity index (χ0n) is 31.2. The van der Waals surface area contributed by atoms with Gasteiger partial charge in [0.15, 0.2) is 0 Å². The van der Waals surface area contributed by atoms with Crippen LogP contribution in [-0.2, 0) is 27.8 Å². The molecule has 0 spiro atoms. The first-order chi connectivity index (χ1) is 25.7. The number of carbonyl (C=O) groups is 2. The van der Waals surface area contributed by atoms with Gasteiger partial charge in [-0.2, -0.15) is 4.31 Å². The Morgan fingerprint density at radius 3 is 2.35 bits per heavy atom.